The van der Waals surface area contributed by atoms with E-state index in [9.17, 15) is 9.90 Å². The van der Waals surface area contributed by atoms with Crippen LogP contribution in [0.2, 0.25) is 0 Å². The maximum atomic E-state index is 12.9. The number of rotatable bonds is 5. The van der Waals surface area contributed by atoms with Crippen LogP contribution in [-0.2, 0) is 12.8 Å². The molecule has 1 saturated carbocycles. The highest BCUT2D eigenvalue weighted by molar-refractivity contribution is 5.96. The zero-order chi connectivity index (χ0) is 21.6. The van der Waals surface area contributed by atoms with Gasteiger partial charge in [-0.25, -0.2) is 14.6 Å². The van der Waals surface area contributed by atoms with E-state index in [1.54, 1.807) is 24.7 Å². The summed E-state index contributed by atoms with van der Waals surface area (Å²) in [6, 6.07) is 8.41. The van der Waals surface area contributed by atoms with Gasteiger partial charge < -0.3 is 10.4 Å². The quantitative estimate of drug-likeness (QED) is 0.665. The Balaban J connectivity index is 1.58. The van der Waals surface area contributed by atoms with Crippen LogP contribution in [0.15, 0.2) is 36.7 Å². The number of aromatic nitrogens is 4. The van der Waals surface area contributed by atoms with Gasteiger partial charge in [-0.1, -0.05) is 24.3 Å². The SMILES string of the molecule is CC(C)(CO)NC(=O)c1cnn(-c2ncc3c(n2)-c2ccccc2CCC3)c1C1CC1. The van der Waals surface area contributed by atoms with Gasteiger partial charge in [0.1, 0.15) is 0 Å². The molecule has 0 atom stereocenters. The molecule has 0 bridgehead atoms. The van der Waals surface area contributed by atoms with Crippen molar-refractivity contribution in [2.75, 3.05) is 6.61 Å². The van der Waals surface area contributed by atoms with Gasteiger partial charge in [0, 0.05) is 17.7 Å². The number of aliphatic hydroxyl groups excluding tert-OH is 1. The van der Waals surface area contributed by atoms with Gasteiger partial charge in [0.2, 0.25) is 0 Å². The van der Waals surface area contributed by atoms with E-state index in [1.165, 1.54) is 5.56 Å². The summed E-state index contributed by atoms with van der Waals surface area (Å²) in [5.41, 5.74) is 5.25. The topological polar surface area (TPSA) is 92.9 Å². The van der Waals surface area contributed by atoms with E-state index >= 15 is 0 Å². The molecule has 2 heterocycles. The maximum absolute atomic E-state index is 12.9. The molecule has 0 unspecified atom stereocenters. The van der Waals surface area contributed by atoms with E-state index in [2.05, 4.69) is 33.6 Å². The summed E-state index contributed by atoms with van der Waals surface area (Å²) in [5, 5.41) is 16.9. The standard InChI is InChI=1S/C24H27N5O2/c1-24(2,14-30)28-22(31)19-13-26-29(21(19)16-10-11-16)23-25-12-17-8-5-7-15-6-3-4-9-18(15)20(17)27-23/h3-4,6,9,12-13,16,30H,5,7-8,10-11,14H2,1-2H3,(H,28,31). The number of aryl methyl sites for hydroxylation is 2. The molecular formula is C24H27N5O2. The van der Waals surface area contributed by atoms with E-state index in [0.29, 0.717) is 11.5 Å². The first-order valence-corrected chi connectivity index (χ1v) is 10.9. The van der Waals surface area contributed by atoms with Crippen molar-refractivity contribution in [3.63, 3.8) is 0 Å². The van der Waals surface area contributed by atoms with Crippen LogP contribution in [0.4, 0.5) is 0 Å². The van der Waals surface area contributed by atoms with Crippen LogP contribution in [-0.4, -0.2) is 42.9 Å². The maximum Gasteiger partial charge on any atom is 0.255 e. The highest BCUT2D eigenvalue weighted by atomic mass is 16.3. The molecular weight excluding hydrogens is 390 g/mol. The Hall–Kier alpha value is -3.06. The molecule has 0 saturated heterocycles. The van der Waals surface area contributed by atoms with Crippen LogP contribution < -0.4 is 5.32 Å². The van der Waals surface area contributed by atoms with Crippen molar-refractivity contribution in [1.82, 2.24) is 25.1 Å². The summed E-state index contributed by atoms with van der Waals surface area (Å²) in [5.74, 6) is 0.542. The van der Waals surface area contributed by atoms with Crippen molar-refractivity contribution in [2.45, 2.75) is 57.4 Å². The molecule has 0 aliphatic heterocycles. The average Bonchev–Trinajstić information content (AvgIpc) is 3.54. The normalized spacial score (nSPS) is 15.7. The average molecular weight is 418 g/mol. The molecule has 0 spiro atoms. The van der Waals surface area contributed by atoms with Gasteiger partial charge in [-0.05, 0) is 57.1 Å². The Kier molecular flexibility index (Phi) is 4.85. The Morgan fingerprint density at radius 1 is 1.19 bits per heavy atom. The molecule has 160 valence electrons. The molecule has 1 aromatic carbocycles. The van der Waals surface area contributed by atoms with Crippen LogP contribution in [0.1, 0.15) is 66.2 Å². The van der Waals surface area contributed by atoms with Gasteiger partial charge >= 0.3 is 0 Å². The molecule has 5 rings (SSSR count). The molecule has 2 N–H and O–H groups in total. The number of carbonyl (C=O) groups excluding carboxylic acids is 1. The fourth-order valence-corrected chi connectivity index (χ4v) is 4.21. The van der Waals surface area contributed by atoms with Crippen molar-refractivity contribution in [3.05, 3.63) is 59.0 Å². The monoisotopic (exact) mass is 417 g/mol. The second-order valence-corrected chi connectivity index (χ2v) is 9.18. The molecule has 3 aromatic rings. The second kappa shape index (κ2) is 7.57. The third-order valence-corrected chi connectivity index (χ3v) is 6.07. The van der Waals surface area contributed by atoms with Gasteiger partial charge in [-0.2, -0.15) is 5.10 Å². The minimum atomic E-state index is -0.704. The summed E-state index contributed by atoms with van der Waals surface area (Å²) in [4.78, 5) is 22.5. The number of amides is 1. The third kappa shape index (κ3) is 3.74. The lowest BCUT2D eigenvalue weighted by atomic mass is 10.0. The fourth-order valence-electron chi connectivity index (χ4n) is 4.21. The number of carbonyl (C=O) groups is 1. The molecule has 1 amide bonds. The first-order valence-electron chi connectivity index (χ1n) is 10.9. The number of hydrogen-bond donors (Lipinski definition) is 2. The molecule has 7 nitrogen and oxygen atoms in total. The van der Waals surface area contributed by atoms with Crippen molar-refractivity contribution in [1.29, 1.82) is 0 Å². The lowest BCUT2D eigenvalue weighted by Gasteiger charge is -2.23. The smallest absolute Gasteiger partial charge is 0.255 e. The molecule has 2 aliphatic rings. The molecule has 2 aromatic heterocycles. The zero-order valence-electron chi connectivity index (χ0n) is 17.9. The van der Waals surface area contributed by atoms with Gasteiger partial charge in [-0.3, -0.25) is 4.79 Å². The summed E-state index contributed by atoms with van der Waals surface area (Å²) in [6.07, 6.45) is 8.59. The summed E-state index contributed by atoms with van der Waals surface area (Å²) >= 11 is 0. The van der Waals surface area contributed by atoms with Crippen LogP contribution in [0.3, 0.4) is 0 Å². The first-order chi connectivity index (χ1) is 15.0. The molecule has 31 heavy (non-hydrogen) atoms. The highest BCUT2D eigenvalue weighted by Crippen LogP contribution is 2.42. The minimum absolute atomic E-state index is 0.140. The minimum Gasteiger partial charge on any atom is -0.394 e. The van der Waals surface area contributed by atoms with Crippen molar-refractivity contribution in [3.8, 4) is 17.2 Å². The van der Waals surface area contributed by atoms with Gasteiger partial charge in [-0.15, -0.1) is 0 Å². The van der Waals surface area contributed by atoms with Crippen LogP contribution in [0.5, 0.6) is 0 Å². The molecule has 1 fully saturated rings. The van der Waals surface area contributed by atoms with Gasteiger partial charge in [0.05, 0.1) is 35.3 Å². The first kappa shape index (κ1) is 19.9. The number of benzene rings is 1. The third-order valence-electron chi connectivity index (χ3n) is 6.07. The largest absolute Gasteiger partial charge is 0.394 e. The van der Waals surface area contributed by atoms with Gasteiger partial charge in [0.15, 0.2) is 0 Å². The van der Waals surface area contributed by atoms with Crippen molar-refractivity contribution >= 4 is 5.91 Å². The lowest BCUT2D eigenvalue weighted by molar-refractivity contribution is 0.0868. The Bertz CT molecular complexity index is 1150. The number of aliphatic hydroxyl groups is 1. The van der Waals surface area contributed by atoms with Crippen LogP contribution >= 0.6 is 0 Å². The number of fused-ring (bicyclic) bond motifs is 3. The predicted octanol–water partition coefficient (Wildman–Crippen LogP) is 3.20. The van der Waals surface area contributed by atoms with Crippen molar-refractivity contribution in [2.24, 2.45) is 0 Å². The Morgan fingerprint density at radius 2 is 1.97 bits per heavy atom. The Labute approximate surface area is 181 Å². The van der Waals surface area contributed by atoms with Crippen molar-refractivity contribution < 1.29 is 9.90 Å². The van der Waals surface area contributed by atoms with E-state index in [4.69, 9.17) is 4.98 Å². The zero-order valence-corrected chi connectivity index (χ0v) is 17.9. The fraction of sp³-hybridized carbons (Fsp3) is 0.417. The van der Waals surface area contributed by atoms with E-state index < -0.39 is 5.54 Å². The number of nitrogens with one attached hydrogen (secondary N) is 1. The number of nitrogens with zero attached hydrogens (tertiary/aromatic N) is 4. The van der Waals surface area contributed by atoms with E-state index in [1.807, 2.05) is 12.3 Å². The summed E-state index contributed by atoms with van der Waals surface area (Å²) in [6.45, 7) is 3.44. The predicted molar refractivity (Wildman–Crippen MR) is 117 cm³/mol. The van der Waals surface area contributed by atoms with Gasteiger partial charge in [0.25, 0.3) is 11.9 Å². The molecule has 2 aliphatic carbocycles. The van der Waals surface area contributed by atoms with Crippen LogP contribution in [0, 0.1) is 0 Å². The Morgan fingerprint density at radius 3 is 2.74 bits per heavy atom. The summed E-state index contributed by atoms with van der Waals surface area (Å²) < 4.78 is 1.73. The van der Waals surface area contributed by atoms with E-state index in [-0.39, 0.29) is 18.4 Å². The van der Waals surface area contributed by atoms with E-state index in [0.717, 1.165) is 54.6 Å². The lowest BCUT2D eigenvalue weighted by Crippen LogP contribution is -2.46. The number of hydrogen-bond acceptors (Lipinski definition) is 5. The summed E-state index contributed by atoms with van der Waals surface area (Å²) in [7, 11) is 0. The second-order valence-electron chi connectivity index (χ2n) is 9.18. The molecule has 7 heteroatoms. The van der Waals surface area contributed by atoms with Crippen LogP contribution in [0.25, 0.3) is 17.2 Å². The highest BCUT2D eigenvalue weighted by Gasteiger charge is 2.35. The molecule has 0 radical (unpaired) electrons.